The van der Waals surface area contributed by atoms with E-state index in [-0.39, 0.29) is 12.6 Å². The Kier molecular flexibility index (Phi) is 7.42. The molecule has 0 N–H and O–H groups in total. The molecule has 0 aliphatic carbocycles. The van der Waals surface area contributed by atoms with Crippen LogP contribution in [-0.2, 0) is 9.53 Å². The molecule has 0 aromatic rings. The zero-order valence-corrected chi connectivity index (χ0v) is 11.6. The summed E-state index contributed by atoms with van der Waals surface area (Å²) in [7, 11) is -1.37. The van der Waals surface area contributed by atoms with Gasteiger partial charge in [-0.3, -0.25) is 4.79 Å². The van der Waals surface area contributed by atoms with Crippen molar-refractivity contribution in [3.05, 3.63) is 0 Å². The van der Waals surface area contributed by atoms with Crippen molar-refractivity contribution in [3.8, 4) is 23.3 Å². The van der Waals surface area contributed by atoms with Gasteiger partial charge in [-0.15, -0.1) is 5.54 Å². The smallest absolute Gasteiger partial charge is 0.303 e. The van der Waals surface area contributed by atoms with Crippen molar-refractivity contribution >= 4 is 14.0 Å². The van der Waals surface area contributed by atoms with Crippen molar-refractivity contribution in [3.63, 3.8) is 0 Å². The highest BCUT2D eigenvalue weighted by atomic mass is 28.3. The van der Waals surface area contributed by atoms with Crippen LogP contribution in [0.1, 0.15) is 27.7 Å². The summed E-state index contributed by atoms with van der Waals surface area (Å²) in [6.45, 7) is 8.14. The third-order valence-electron chi connectivity index (χ3n) is 2.86. The second-order valence-corrected chi connectivity index (χ2v) is 8.61. The minimum atomic E-state index is -1.37. The largest absolute Gasteiger partial charge is 0.453 e. The van der Waals surface area contributed by atoms with E-state index >= 15 is 0 Å². The third-order valence-corrected chi connectivity index (χ3v) is 7.57. The fourth-order valence-corrected chi connectivity index (χ4v) is 3.75. The van der Waals surface area contributed by atoms with Crippen LogP contribution in [0.25, 0.3) is 0 Å². The molecule has 2 nitrogen and oxygen atoms in total. The predicted octanol–water partition coefficient (Wildman–Crippen LogP) is 2.60. The first-order valence-electron chi connectivity index (χ1n) is 5.73. The summed E-state index contributed by atoms with van der Waals surface area (Å²) in [5.74, 6) is 8.07. The van der Waals surface area contributed by atoms with E-state index in [0.717, 1.165) is 0 Å². The Hall–Kier alpha value is -1.19. The molecule has 0 saturated heterocycles. The van der Waals surface area contributed by atoms with Crippen molar-refractivity contribution in [1.29, 1.82) is 0 Å². The lowest BCUT2D eigenvalue weighted by Crippen LogP contribution is -2.29. The molecule has 0 aromatic heterocycles. The van der Waals surface area contributed by atoms with Crippen molar-refractivity contribution in [2.45, 2.75) is 45.8 Å². The van der Waals surface area contributed by atoms with Crippen LogP contribution >= 0.6 is 0 Å². The Labute approximate surface area is 99.8 Å². The van der Waals surface area contributed by atoms with Gasteiger partial charge in [0.1, 0.15) is 8.07 Å². The lowest BCUT2D eigenvalue weighted by molar-refractivity contribution is -0.139. The Bertz CT molecular complexity index is 326. The highest BCUT2D eigenvalue weighted by Gasteiger charge is 2.23. The van der Waals surface area contributed by atoms with Gasteiger partial charge in [0.15, 0.2) is 6.61 Å². The number of hydrogen-bond donors (Lipinski definition) is 0. The van der Waals surface area contributed by atoms with Crippen molar-refractivity contribution in [1.82, 2.24) is 0 Å². The van der Waals surface area contributed by atoms with Crippen LogP contribution in [0.3, 0.4) is 0 Å². The van der Waals surface area contributed by atoms with Crippen LogP contribution in [0.4, 0.5) is 0 Å². The van der Waals surface area contributed by atoms with Crippen LogP contribution in [0.5, 0.6) is 0 Å². The van der Waals surface area contributed by atoms with E-state index in [2.05, 4.69) is 48.8 Å². The molecule has 0 saturated carbocycles. The van der Waals surface area contributed by atoms with Gasteiger partial charge in [0.25, 0.3) is 0 Å². The van der Waals surface area contributed by atoms with Gasteiger partial charge in [-0.25, -0.2) is 0 Å². The predicted molar refractivity (Wildman–Crippen MR) is 69.4 cm³/mol. The van der Waals surface area contributed by atoms with E-state index in [1.165, 1.54) is 25.1 Å². The molecule has 0 heterocycles. The number of carbonyl (C=O) groups excluding carboxylic acids is 1. The third kappa shape index (κ3) is 5.63. The maximum Gasteiger partial charge on any atom is 0.303 e. The van der Waals surface area contributed by atoms with Gasteiger partial charge in [0.05, 0.1) is 0 Å². The minimum absolute atomic E-state index is 0.142. The van der Waals surface area contributed by atoms with Crippen molar-refractivity contribution < 1.29 is 9.53 Å². The van der Waals surface area contributed by atoms with Gasteiger partial charge >= 0.3 is 5.97 Å². The van der Waals surface area contributed by atoms with Crippen LogP contribution in [0.15, 0.2) is 0 Å². The molecule has 0 unspecified atom stereocenters. The van der Waals surface area contributed by atoms with Crippen LogP contribution in [0.2, 0.25) is 18.1 Å². The highest BCUT2D eigenvalue weighted by molar-refractivity contribution is 6.87. The molecular weight excluding hydrogens is 216 g/mol. The maximum absolute atomic E-state index is 10.5. The van der Waals surface area contributed by atoms with Gasteiger partial charge in [0, 0.05) is 6.92 Å². The molecule has 0 aliphatic rings. The second kappa shape index (κ2) is 8.02. The monoisotopic (exact) mass is 236 g/mol. The molecule has 3 heteroatoms. The van der Waals surface area contributed by atoms with Crippen LogP contribution < -0.4 is 0 Å². The summed E-state index contributed by atoms with van der Waals surface area (Å²) in [6.07, 6.45) is 0. The Morgan fingerprint density at radius 3 is 2.12 bits per heavy atom. The number of hydrogen-bond acceptors (Lipinski definition) is 2. The second-order valence-electron chi connectivity index (χ2n) is 3.67. The summed E-state index contributed by atoms with van der Waals surface area (Å²) in [6, 6.07) is 3.54. The topological polar surface area (TPSA) is 26.3 Å². The van der Waals surface area contributed by atoms with E-state index in [1.54, 1.807) is 0 Å². The minimum Gasteiger partial charge on any atom is -0.453 e. The molecule has 0 aliphatic heterocycles. The average molecular weight is 236 g/mol. The molecule has 0 atom stereocenters. The zero-order chi connectivity index (χ0) is 12.4. The summed E-state index contributed by atoms with van der Waals surface area (Å²) in [5.41, 5.74) is 3.35. The fraction of sp³-hybridized carbons (Fsp3) is 0.615. The maximum atomic E-state index is 10.5. The van der Waals surface area contributed by atoms with Gasteiger partial charge in [-0.1, -0.05) is 20.8 Å². The van der Waals surface area contributed by atoms with Gasteiger partial charge < -0.3 is 4.74 Å². The number of ether oxygens (including phenoxy) is 1. The van der Waals surface area contributed by atoms with Crippen molar-refractivity contribution in [2.24, 2.45) is 0 Å². The van der Waals surface area contributed by atoms with Crippen LogP contribution in [0, 0.1) is 23.3 Å². The first-order chi connectivity index (χ1) is 7.60. The lowest BCUT2D eigenvalue weighted by Gasteiger charge is -2.19. The van der Waals surface area contributed by atoms with E-state index in [9.17, 15) is 4.79 Å². The van der Waals surface area contributed by atoms with E-state index in [4.69, 9.17) is 0 Å². The van der Waals surface area contributed by atoms with Gasteiger partial charge in [-0.05, 0) is 35.9 Å². The zero-order valence-electron chi connectivity index (χ0n) is 10.6. The number of carbonyl (C=O) groups is 1. The standard InChI is InChI=1S/C13H20O2Si/c1-5-16(6-2,7-3)12-10-8-9-11-15-13(4)14/h5-7,11H2,1-4H3. The molecule has 0 fully saturated rings. The lowest BCUT2D eigenvalue weighted by atomic mass is 10.6. The SMILES string of the molecule is CC[Si](C#CC#CCOC(C)=O)(CC)CC. The molecule has 0 amide bonds. The summed E-state index contributed by atoms with van der Waals surface area (Å²) in [5, 5.41) is 0. The number of esters is 1. The highest BCUT2D eigenvalue weighted by Crippen LogP contribution is 2.18. The molecule has 0 bridgehead atoms. The van der Waals surface area contributed by atoms with Crippen LogP contribution in [-0.4, -0.2) is 20.7 Å². The average Bonchev–Trinajstić information content (AvgIpc) is 2.29. The summed E-state index contributed by atoms with van der Waals surface area (Å²) >= 11 is 0. The molecule has 0 radical (unpaired) electrons. The normalized spacial score (nSPS) is 9.50. The Morgan fingerprint density at radius 1 is 1.12 bits per heavy atom. The fourth-order valence-electron chi connectivity index (χ4n) is 1.40. The Morgan fingerprint density at radius 2 is 1.69 bits per heavy atom. The van der Waals surface area contributed by atoms with E-state index < -0.39 is 8.07 Å². The van der Waals surface area contributed by atoms with Gasteiger partial charge in [0.2, 0.25) is 0 Å². The molecule has 0 rings (SSSR count). The first-order valence-corrected chi connectivity index (χ1v) is 8.35. The first kappa shape index (κ1) is 14.8. The summed E-state index contributed by atoms with van der Waals surface area (Å²) in [4.78, 5) is 10.5. The molecule has 0 aromatic carbocycles. The molecular formula is C13H20O2Si. The Balaban J connectivity index is 4.31. The van der Waals surface area contributed by atoms with E-state index in [0.29, 0.717) is 0 Å². The van der Waals surface area contributed by atoms with Crippen molar-refractivity contribution in [2.75, 3.05) is 6.61 Å². The van der Waals surface area contributed by atoms with Gasteiger partial charge in [-0.2, -0.15) is 0 Å². The van der Waals surface area contributed by atoms with E-state index in [1.807, 2.05) is 0 Å². The molecule has 0 spiro atoms. The number of rotatable bonds is 4. The summed E-state index contributed by atoms with van der Waals surface area (Å²) < 4.78 is 4.68. The molecule has 16 heavy (non-hydrogen) atoms. The molecule has 88 valence electrons. The quantitative estimate of drug-likeness (QED) is 0.426.